The maximum absolute atomic E-state index is 8.80. The molecule has 0 radical (unpaired) electrons. The third kappa shape index (κ3) is 3.43. The number of nitriles is 1. The normalized spacial score (nSPS) is 9.75. The Kier molecular flexibility index (Phi) is 5.13. The molecule has 0 saturated heterocycles. The summed E-state index contributed by atoms with van der Waals surface area (Å²) in [7, 11) is 0. The molecule has 0 fully saturated rings. The lowest BCUT2D eigenvalue weighted by Gasteiger charge is -2.08. The molecule has 16 heavy (non-hydrogen) atoms. The Morgan fingerprint density at radius 1 is 1.44 bits per heavy atom. The second-order valence-electron chi connectivity index (χ2n) is 3.72. The third-order valence-electron chi connectivity index (χ3n) is 2.43. The highest BCUT2D eigenvalue weighted by Crippen LogP contribution is 2.18. The van der Waals surface area contributed by atoms with Crippen LogP contribution in [0.1, 0.15) is 38.2 Å². The van der Waals surface area contributed by atoms with E-state index in [9.17, 15) is 0 Å². The van der Waals surface area contributed by atoms with E-state index in [0.717, 1.165) is 13.0 Å². The predicted molar refractivity (Wildman–Crippen MR) is 66.0 cm³/mol. The van der Waals surface area contributed by atoms with Gasteiger partial charge in [0.25, 0.3) is 0 Å². The quantitative estimate of drug-likeness (QED) is 0.719. The molecule has 0 amide bonds. The van der Waals surface area contributed by atoms with Gasteiger partial charge in [-0.2, -0.15) is 5.26 Å². The Morgan fingerprint density at radius 2 is 2.25 bits per heavy atom. The number of pyridine rings is 1. The third-order valence-corrected chi connectivity index (χ3v) is 2.43. The Balaban J connectivity index is 2.45. The van der Waals surface area contributed by atoms with Gasteiger partial charge < -0.3 is 11.1 Å². The molecule has 1 heterocycles. The van der Waals surface area contributed by atoms with Crippen molar-refractivity contribution in [3.63, 3.8) is 0 Å². The summed E-state index contributed by atoms with van der Waals surface area (Å²) in [6, 6.07) is 3.66. The van der Waals surface area contributed by atoms with E-state index in [1.807, 2.05) is 6.07 Å². The van der Waals surface area contributed by atoms with Crippen LogP contribution < -0.4 is 11.1 Å². The van der Waals surface area contributed by atoms with Crippen molar-refractivity contribution in [1.29, 1.82) is 5.26 Å². The van der Waals surface area contributed by atoms with E-state index in [4.69, 9.17) is 11.0 Å². The largest absolute Gasteiger partial charge is 0.395 e. The Hall–Kier alpha value is -1.76. The van der Waals surface area contributed by atoms with Crippen LogP contribution in [-0.2, 0) is 0 Å². The van der Waals surface area contributed by atoms with Crippen molar-refractivity contribution in [1.82, 2.24) is 4.98 Å². The minimum Gasteiger partial charge on any atom is -0.395 e. The summed E-state index contributed by atoms with van der Waals surface area (Å²) in [5, 5.41) is 12.0. The van der Waals surface area contributed by atoms with Gasteiger partial charge in [-0.1, -0.05) is 26.2 Å². The zero-order valence-corrected chi connectivity index (χ0v) is 9.66. The van der Waals surface area contributed by atoms with E-state index < -0.39 is 0 Å². The van der Waals surface area contributed by atoms with E-state index in [2.05, 4.69) is 17.2 Å². The maximum atomic E-state index is 8.80. The molecule has 4 heteroatoms. The Labute approximate surface area is 96.5 Å². The van der Waals surface area contributed by atoms with E-state index in [0.29, 0.717) is 17.1 Å². The molecule has 0 atom stereocenters. The average Bonchev–Trinajstić information content (AvgIpc) is 2.31. The van der Waals surface area contributed by atoms with Crippen molar-refractivity contribution >= 4 is 11.5 Å². The lowest BCUT2D eigenvalue weighted by atomic mass is 10.2. The van der Waals surface area contributed by atoms with Gasteiger partial charge in [0.1, 0.15) is 6.07 Å². The summed E-state index contributed by atoms with van der Waals surface area (Å²) < 4.78 is 0. The number of nitrogens with one attached hydrogen (secondary N) is 1. The second kappa shape index (κ2) is 6.67. The van der Waals surface area contributed by atoms with Gasteiger partial charge in [-0.3, -0.25) is 0 Å². The predicted octanol–water partition coefficient (Wildman–Crippen LogP) is 2.53. The summed E-state index contributed by atoms with van der Waals surface area (Å²) in [6.45, 7) is 3.04. The lowest BCUT2D eigenvalue weighted by molar-refractivity contribution is 0.684. The molecule has 3 N–H and O–H groups in total. The summed E-state index contributed by atoms with van der Waals surface area (Å²) >= 11 is 0. The fraction of sp³-hybridized carbons (Fsp3) is 0.500. The van der Waals surface area contributed by atoms with Crippen molar-refractivity contribution in [2.45, 2.75) is 32.6 Å². The van der Waals surface area contributed by atoms with Gasteiger partial charge in [0.2, 0.25) is 0 Å². The number of nitrogens with zero attached hydrogens (tertiary/aromatic N) is 2. The van der Waals surface area contributed by atoms with Crippen molar-refractivity contribution in [3.8, 4) is 6.07 Å². The van der Waals surface area contributed by atoms with Crippen LogP contribution in [0, 0.1) is 11.3 Å². The molecule has 4 nitrogen and oxygen atoms in total. The number of aromatic nitrogens is 1. The molecule has 0 saturated carbocycles. The first-order valence-corrected chi connectivity index (χ1v) is 5.68. The first kappa shape index (κ1) is 12.3. The SMILES string of the molecule is CCCCCCNc1nccc(C#N)c1N. The molecule has 0 aromatic carbocycles. The topological polar surface area (TPSA) is 74.7 Å². The zero-order chi connectivity index (χ0) is 11.8. The summed E-state index contributed by atoms with van der Waals surface area (Å²) in [5.41, 5.74) is 6.71. The van der Waals surface area contributed by atoms with Crippen molar-refractivity contribution in [2.24, 2.45) is 0 Å². The molecule has 0 bridgehead atoms. The number of nitrogens with two attached hydrogens (primary N) is 1. The van der Waals surface area contributed by atoms with Crippen molar-refractivity contribution in [3.05, 3.63) is 17.8 Å². The summed E-state index contributed by atoms with van der Waals surface area (Å²) in [4.78, 5) is 4.12. The Bertz CT molecular complexity index is 368. The fourth-order valence-electron chi connectivity index (χ4n) is 1.47. The van der Waals surface area contributed by atoms with Crippen molar-refractivity contribution in [2.75, 3.05) is 17.6 Å². The molecule has 1 rings (SSSR count). The van der Waals surface area contributed by atoms with Crippen molar-refractivity contribution < 1.29 is 0 Å². The molecular formula is C12H18N4. The fourth-order valence-corrected chi connectivity index (χ4v) is 1.47. The van der Waals surface area contributed by atoms with Gasteiger partial charge in [-0.25, -0.2) is 4.98 Å². The molecule has 1 aromatic heterocycles. The smallest absolute Gasteiger partial charge is 0.150 e. The van der Waals surface area contributed by atoms with Gasteiger partial charge in [-0.05, 0) is 12.5 Å². The minimum atomic E-state index is 0.445. The highest BCUT2D eigenvalue weighted by atomic mass is 15.0. The molecule has 0 unspecified atom stereocenters. The van der Waals surface area contributed by atoms with Crippen LogP contribution in [0.25, 0.3) is 0 Å². The second-order valence-corrected chi connectivity index (χ2v) is 3.72. The highest BCUT2D eigenvalue weighted by molar-refractivity contribution is 5.68. The number of hydrogen-bond donors (Lipinski definition) is 2. The number of rotatable bonds is 6. The summed E-state index contributed by atoms with van der Waals surface area (Å²) in [5.74, 6) is 0.621. The standard InChI is InChI=1S/C12H18N4/c1-2-3-4-5-7-15-12-11(14)10(9-13)6-8-16-12/h6,8H,2-5,7,14H2,1H3,(H,15,16). The molecule has 0 aliphatic rings. The van der Waals surface area contributed by atoms with Gasteiger partial charge in [0.15, 0.2) is 5.82 Å². The first-order valence-electron chi connectivity index (χ1n) is 5.68. The van der Waals surface area contributed by atoms with Crippen LogP contribution in [0.15, 0.2) is 12.3 Å². The highest BCUT2D eigenvalue weighted by Gasteiger charge is 2.04. The van der Waals surface area contributed by atoms with Crippen LogP contribution in [0.3, 0.4) is 0 Å². The van der Waals surface area contributed by atoms with Crippen LogP contribution in [0.4, 0.5) is 11.5 Å². The number of anilines is 2. The molecule has 1 aromatic rings. The van der Waals surface area contributed by atoms with Crippen LogP contribution in [0.5, 0.6) is 0 Å². The number of hydrogen-bond acceptors (Lipinski definition) is 4. The molecule has 0 aliphatic heterocycles. The molecular weight excluding hydrogens is 200 g/mol. The van der Waals surface area contributed by atoms with Crippen LogP contribution in [-0.4, -0.2) is 11.5 Å². The first-order chi connectivity index (χ1) is 7.79. The van der Waals surface area contributed by atoms with Gasteiger partial charge in [-0.15, -0.1) is 0 Å². The van der Waals surface area contributed by atoms with Crippen LogP contribution >= 0.6 is 0 Å². The average molecular weight is 218 g/mol. The molecule has 86 valence electrons. The van der Waals surface area contributed by atoms with E-state index in [1.165, 1.54) is 19.3 Å². The van der Waals surface area contributed by atoms with Gasteiger partial charge >= 0.3 is 0 Å². The van der Waals surface area contributed by atoms with E-state index in [1.54, 1.807) is 12.3 Å². The molecule has 0 aliphatic carbocycles. The minimum absolute atomic E-state index is 0.445. The maximum Gasteiger partial charge on any atom is 0.150 e. The van der Waals surface area contributed by atoms with E-state index in [-0.39, 0.29) is 0 Å². The lowest BCUT2D eigenvalue weighted by Crippen LogP contribution is -2.07. The number of unbranched alkanes of at least 4 members (excludes halogenated alkanes) is 3. The monoisotopic (exact) mass is 218 g/mol. The zero-order valence-electron chi connectivity index (χ0n) is 9.66. The van der Waals surface area contributed by atoms with Gasteiger partial charge in [0.05, 0.1) is 11.3 Å². The summed E-state index contributed by atoms with van der Waals surface area (Å²) in [6.07, 6.45) is 6.39. The molecule has 0 spiro atoms. The Morgan fingerprint density at radius 3 is 2.94 bits per heavy atom. The number of nitrogen functional groups attached to an aromatic ring is 1. The van der Waals surface area contributed by atoms with Gasteiger partial charge in [0, 0.05) is 12.7 Å². The van der Waals surface area contributed by atoms with Crippen LogP contribution in [0.2, 0.25) is 0 Å². The van der Waals surface area contributed by atoms with E-state index >= 15 is 0 Å².